The Morgan fingerprint density at radius 2 is 0.600 bits per heavy atom. The van der Waals surface area contributed by atoms with Crippen molar-refractivity contribution >= 4 is 37.7 Å². The first-order chi connectivity index (χ1) is 8.69. The average Bonchev–Trinajstić information content (AvgIpc) is 3.10. The Kier molecular flexibility index (Phi) is 8.32. The fourth-order valence-corrected chi connectivity index (χ4v) is 1.35. The Morgan fingerprint density at radius 3 is 0.700 bits per heavy atom. The number of nitriles is 6. The first-order valence-electron chi connectivity index (χ1n) is 4.34. The van der Waals surface area contributed by atoms with Crippen molar-refractivity contribution in [2.75, 3.05) is 0 Å². The SMILES string of the molecule is N#CC(C#N)=C1C(=C(C#N)C#N)C1=C(C#N)C#N.[LiH].[LiH]. The number of allylic oxidation sites excluding steroid dienone is 6. The summed E-state index contributed by atoms with van der Waals surface area (Å²) in [4.78, 5) is 0. The zero-order chi connectivity index (χ0) is 13.7. The molecular weight excluding hydrogens is 242 g/mol. The van der Waals surface area contributed by atoms with E-state index in [4.69, 9.17) is 31.6 Å². The third-order valence-electron chi connectivity index (χ3n) is 2.11. The summed E-state index contributed by atoms with van der Waals surface area (Å²) in [7, 11) is 0. The summed E-state index contributed by atoms with van der Waals surface area (Å²) in [5.74, 6) is 0. The normalized spacial score (nSPS) is 9.60. The third-order valence-corrected chi connectivity index (χ3v) is 2.11. The Morgan fingerprint density at radius 1 is 0.450 bits per heavy atom. The van der Waals surface area contributed by atoms with Gasteiger partial charge in [-0.1, -0.05) is 0 Å². The van der Waals surface area contributed by atoms with Gasteiger partial charge in [0.05, 0.1) is 0 Å². The van der Waals surface area contributed by atoms with E-state index in [2.05, 4.69) is 0 Å². The van der Waals surface area contributed by atoms with Crippen LogP contribution in [0.2, 0.25) is 0 Å². The second-order valence-electron chi connectivity index (χ2n) is 2.92. The molecule has 0 atom stereocenters. The fraction of sp³-hybridized carbons (Fsp3) is 0. The van der Waals surface area contributed by atoms with Crippen LogP contribution >= 0.6 is 0 Å². The van der Waals surface area contributed by atoms with Gasteiger partial charge in [0.2, 0.25) is 0 Å². The maximum atomic E-state index is 8.72. The third kappa shape index (κ3) is 3.22. The Hall–Kier alpha value is -2.65. The predicted molar refractivity (Wildman–Crippen MR) is 69.1 cm³/mol. The molecule has 0 bridgehead atoms. The van der Waals surface area contributed by atoms with E-state index in [9.17, 15) is 0 Å². The van der Waals surface area contributed by atoms with Gasteiger partial charge in [-0.2, -0.15) is 31.6 Å². The van der Waals surface area contributed by atoms with Gasteiger partial charge in [-0.05, 0) is 0 Å². The summed E-state index contributed by atoms with van der Waals surface area (Å²) >= 11 is 0. The van der Waals surface area contributed by atoms with E-state index in [1.807, 2.05) is 0 Å². The van der Waals surface area contributed by atoms with E-state index >= 15 is 0 Å². The molecule has 8 heteroatoms. The molecule has 0 aliphatic heterocycles. The summed E-state index contributed by atoms with van der Waals surface area (Å²) in [5.41, 5.74) is -0.869. The molecule has 1 fully saturated rings. The minimum atomic E-state index is -0.328. The van der Waals surface area contributed by atoms with Gasteiger partial charge in [-0.3, -0.25) is 0 Å². The van der Waals surface area contributed by atoms with E-state index < -0.39 is 0 Å². The van der Waals surface area contributed by atoms with Crippen LogP contribution in [0.4, 0.5) is 0 Å². The Labute approximate surface area is 139 Å². The first kappa shape index (κ1) is 19.7. The quantitative estimate of drug-likeness (QED) is 0.423. The molecule has 1 aliphatic rings. The van der Waals surface area contributed by atoms with Crippen molar-refractivity contribution in [1.29, 1.82) is 31.6 Å². The summed E-state index contributed by atoms with van der Waals surface area (Å²) in [6.45, 7) is 0. The molecule has 1 aliphatic carbocycles. The molecule has 0 unspecified atom stereocenters. The van der Waals surface area contributed by atoms with Crippen LogP contribution in [0.3, 0.4) is 0 Å². The van der Waals surface area contributed by atoms with Crippen LogP contribution in [0.15, 0.2) is 33.4 Å². The second-order valence-corrected chi connectivity index (χ2v) is 2.92. The van der Waals surface area contributed by atoms with Crippen molar-refractivity contribution in [3.63, 3.8) is 0 Å². The van der Waals surface area contributed by atoms with E-state index in [-0.39, 0.29) is 71.2 Å². The zero-order valence-electron chi connectivity index (χ0n) is 8.68. The molecule has 0 aromatic carbocycles. The van der Waals surface area contributed by atoms with Gasteiger partial charge >= 0.3 is 37.7 Å². The van der Waals surface area contributed by atoms with Crippen molar-refractivity contribution in [3.05, 3.63) is 33.4 Å². The monoisotopic (exact) mass is 244 g/mol. The Bertz CT molecular complexity index is 618. The first-order valence-corrected chi connectivity index (χ1v) is 4.34. The molecule has 0 amide bonds. The van der Waals surface area contributed by atoms with Gasteiger partial charge < -0.3 is 0 Å². The molecule has 1 saturated carbocycles. The summed E-state index contributed by atoms with van der Waals surface area (Å²) in [6.07, 6.45) is 0. The summed E-state index contributed by atoms with van der Waals surface area (Å²) < 4.78 is 0. The zero-order valence-corrected chi connectivity index (χ0v) is 8.68. The molecule has 0 heterocycles. The molecule has 82 valence electrons. The average molecular weight is 244 g/mol. The second kappa shape index (κ2) is 8.46. The van der Waals surface area contributed by atoms with Gasteiger partial charge in [0.15, 0.2) is 0 Å². The molecule has 1 rings (SSSR count). The molecule has 0 aromatic rings. The maximum absolute atomic E-state index is 8.72. The molecule has 0 saturated heterocycles. The van der Waals surface area contributed by atoms with Gasteiger partial charge in [-0.25, -0.2) is 0 Å². The molecule has 0 radical (unpaired) electrons. The van der Waals surface area contributed by atoms with Gasteiger partial charge in [0, 0.05) is 16.7 Å². The van der Waals surface area contributed by atoms with E-state index in [0.29, 0.717) is 0 Å². The van der Waals surface area contributed by atoms with E-state index in [1.54, 1.807) is 36.4 Å². The topological polar surface area (TPSA) is 143 Å². The number of nitrogens with zero attached hydrogens (tertiary/aromatic N) is 6. The van der Waals surface area contributed by atoms with Gasteiger partial charge in [0.1, 0.15) is 53.1 Å². The number of hydrogen-bond donors (Lipinski definition) is 0. The van der Waals surface area contributed by atoms with E-state index in [1.165, 1.54) is 0 Å². The minimum absolute atomic E-state index is 0. The van der Waals surface area contributed by atoms with Crippen molar-refractivity contribution in [1.82, 2.24) is 0 Å². The van der Waals surface area contributed by atoms with Crippen LogP contribution in [0.25, 0.3) is 0 Å². The van der Waals surface area contributed by atoms with Crippen LogP contribution in [0.5, 0.6) is 0 Å². The van der Waals surface area contributed by atoms with Gasteiger partial charge in [0.25, 0.3) is 0 Å². The van der Waals surface area contributed by atoms with Crippen molar-refractivity contribution < 1.29 is 0 Å². The molecule has 0 aromatic heterocycles. The molecule has 0 N–H and O–H groups in total. The van der Waals surface area contributed by atoms with Crippen molar-refractivity contribution in [3.8, 4) is 36.4 Å². The predicted octanol–water partition coefficient (Wildman–Crippen LogP) is -0.266. The molecule has 6 nitrogen and oxygen atoms in total. The molecule has 0 spiro atoms. The van der Waals surface area contributed by atoms with Crippen LogP contribution in [-0.2, 0) is 0 Å². The van der Waals surface area contributed by atoms with Crippen LogP contribution in [0.1, 0.15) is 0 Å². The fourth-order valence-electron chi connectivity index (χ4n) is 1.35. The summed E-state index contributed by atoms with van der Waals surface area (Å²) in [5, 5.41) is 52.3. The number of hydrogen-bond acceptors (Lipinski definition) is 6. The van der Waals surface area contributed by atoms with Crippen LogP contribution < -0.4 is 0 Å². The molecule has 20 heavy (non-hydrogen) atoms. The van der Waals surface area contributed by atoms with E-state index in [0.717, 1.165) is 0 Å². The number of rotatable bonds is 0. The molecular formula is C12H2Li2N6. The van der Waals surface area contributed by atoms with Crippen LogP contribution in [-0.4, -0.2) is 37.7 Å². The summed E-state index contributed by atoms with van der Waals surface area (Å²) in [6, 6.07) is 9.55. The van der Waals surface area contributed by atoms with Crippen LogP contribution in [0, 0.1) is 68.0 Å². The standard InChI is InChI=1S/C12N6.2Li.2H/c13-1-7(2-14)10-11(8(3-15)4-16)12(10)9(5-17)6-18;;;;. The van der Waals surface area contributed by atoms with Crippen molar-refractivity contribution in [2.45, 2.75) is 0 Å². The van der Waals surface area contributed by atoms with Gasteiger partial charge in [-0.15, -0.1) is 0 Å². The Balaban J connectivity index is 0. The van der Waals surface area contributed by atoms with Crippen molar-refractivity contribution in [2.24, 2.45) is 0 Å².